The fraction of sp³-hybridized carbons (Fsp3) is 0.667. The first-order chi connectivity index (χ1) is 5.36. The quantitative estimate of drug-likeness (QED) is 0.679. The third kappa shape index (κ3) is 1.33. The molecule has 5 heteroatoms. The maximum atomic E-state index is 5.32. The maximum Gasteiger partial charge on any atom is 0.260 e. The largest absolute Gasteiger partial charge is 0.365 e. The minimum Gasteiger partial charge on any atom is -0.365 e. The van der Waals surface area contributed by atoms with Gasteiger partial charge < -0.3 is 10.3 Å². The molecule has 11 heavy (non-hydrogen) atoms. The van der Waals surface area contributed by atoms with Gasteiger partial charge in [-0.2, -0.15) is 16.7 Å². The van der Waals surface area contributed by atoms with Crippen molar-refractivity contribution in [1.82, 2.24) is 10.1 Å². The van der Waals surface area contributed by atoms with E-state index in [0.29, 0.717) is 11.8 Å². The third-order valence-electron chi connectivity index (χ3n) is 1.74. The predicted molar refractivity (Wildman–Crippen MR) is 43.4 cm³/mol. The molecule has 1 fully saturated rings. The van der Waals surface area contributed by atoms with Crippen molar-refractivity contribution < 1.29 is 4.52 Å². The number of rotatable bonds is 1. The van der Waals surface area contributed by atoms with Gasteiger partial charge in [-0.3, -0.25) is 0 Å². The highest BCUT2D eigenvalue weighted by Crippen LogP contribution is 2.31. The molecule has 1 aliphatic heterocycles. The Morgan fingerprint density at radius 3 is 3.09 bits per heavy atom. The minimum absolute atomic E-state index is 0.247. The van der Waals surface area contributed by atoms with Crippen molar-refractivity contribution >= 4 is 17.7 Å². The lowest BCUT2D eigenvalue weighted by molar-refractivity contribution is 0.361. The number of hydrogen-bond donors (Lipinski definition) is 1. The van der Waals surface area contributed by atoms with E-state index in [0.717, 1.165) is 12.2 Å². The molecule has 1 atom stereocenters. The fourth-order valence-electron chi connectivity index (χ4n) is 1.14. The lowest BCUT2D eigenvalue weighted by Crippen LogP contribution is -1.96. The maximum absolute atomic E-state index is 5.32. The lowest BCUT2D eigenvalue weighted by Gasteiger charge is -1.97. The Morgan fingerprint density at radius 2 is 2.55 bits per heavy atom. The van der Waals surface area contributed by atoms with Crippen molar-refractivity contribution in [3.8, 4) is 0 Å². The Kier molecular flexibility index (Phi) is 1.73. The Labute approximate surface area is 68.5 Å². The predicted octanol–water partition coefficient (Wildman–Crippen LogP) is 0.872. The molecule has 0 spiro atoms. The van der Waals surface area contributed by atoms with Crippen LogP contribution in [0.15, 0.2) is 4.52 Å². The van der Waals surface area contributed by atoms with E-state index < -0.39 is 0 Å². The molecule has 60 valence electrons. The van der Waals surface area contributed by atoms with Gasteiger partial charge in [0.05, 0.1) is 0 Å². The van der Waals surface area contributed by atoms with Crippen molar-refractivity contribution in [1.29, 1.82) is 0 Å². The number of nitrogens with zero attached hydrogens (tertiary/aromatic N) is 2. The first kappa shape index (κ1) is 6.97. The minimum atomic E-state index is 0.247. The lowest BCUT2D eigenvalue weighted by atomic mass is 10.1. The van der Waals surface area contributed by atoms with Crippen LogP contribution < -0.4 is 5.73 Å². The SMILES string of the molecule is Nc1noc(C2CCSC2)n1. The van der Waals surface area contributed by atoms with Gasteiger partial charge in [-0.1, -0.05) is 0 Å². The molecule has 1 aromatic rings. The molecule has 1 aromatic heterocycles. The molecule has 2 rings (SSSR count). The fourth-order valence-corrected chi connectivity index (χ4v) is 2.35. The smallest absolute Gasteiger partial charge is 0.260 e. The zero-order valence-corrected chi connectivity index (χ0v) is 6.80. The van der Waals surface area contributed by atoms with Crippen molar-refractivity contribution in [3.63, 3.8) is 0 Å². The normalized spacial score (nSPS) is 24.2. The van der Waals surface area contributed by atoms with Crippen LogP contribution in [0, 0.1) is 0 Å². The van der Waals surface area contributed by atoms with Gasteiger partial charge in [0, 0.05) is 11.7 Å². The van der Waals surface area contributed by atoms with E-state index in [9.17, 15) is 0 Å². The number of nitrogen functional groups attached to an aromatic ring is 1. The van der Waals surface area contributed by atoms with Crippen LogP contribution in [-0.2, 0) is 0 Å². The zero-order valence-electron chi connectivity index (χ0n) is 5.99. The molecule has 1 aliphatic rings. The van der Waals surface area contributed by atoms with Crippen LogP contribution in [0.1, 0.15) is 18.2 Å². The Balaban J connectivity index is 2.15. The van der Waals surface area contributed by atoms with Gasteiger partial charge >= 0.3 is 0 Å². The molecule has 0 saturated carbocycles. The van der Waals surface area contributed by atoms with Gasteiger partial charge in [-0.25, -0.2) is 0 Å². The first-order valence-electron chi connectivity index (χ1n) is 3.53. The van der Waals surface area contributed by atoms with E-state index >= 15 is 0 Å². The molecule has 0 aliphatic carbocycles. The molecule has 2 heterocycles. The number of thioether (sulfide) groups is 1. The van der Waals surface area contributed by atoms with Crippen LogP contribution in [-0.4, -0.2) is 21.6 Å². The van der Waals surface area contributed by atoms with Gasteiger partial charge in [0.15, 0.2) is 0 Å². The molecule has 0 aromatic carbocycles. The van der Waals surface area contributed by atoms with E-state index in [4.69, 9.17) is 10.3 Å². The van der Waals surface area contributed by atoms with Crippen LogP contribution in [0.5, 0.6) is 0 Å². The number of aromatic nitrogens is 2. The monoisotopic (exact) mass is 171 g/mol. The van der Waals surface area contributed by atoms with Crippen molar-refractivity contribution in [2.45, 2.75) is 12.3 Å². The van der Waals surface area contributed by atoms with Crippen molar-refractivity contribution in [2.75, 3.05) is 17.2 Å². The summed E-state index contributed by atoms with van der Waals surface area (Å²) in [6.45, 7) is 0. The summed E-state index contributed by atoms with van der Waals surface area (Å²) < 4.78 is 4.95. The summed E-state index contributed by atoms with van der Waals surface area (Å²) in [6.07, 6.45) is 1.13. The average molecular weight is 171 g/mol. The first-order valence-corrected chi connectivity index (χ1v) is 4.68. The van der Waals surface area contributed by atoms with Crippen LogP contribution >= 0.6 is 11.8 Å². The third-order valence-corrected chi connectivity index (χ3v) is 2.90. The Morgan fingerprint density at radius 1 is 1.64 bits per heavy atom. The molecule has 4 nitrogen and oxygen atoms in total. The molecule has 0 bridgehead atoms. The molecule has 1 saturated heterocycles. The molecular formula is C6H9N3OS. The highest BCUT2D eigenvalue weighted by atomic mass is 32.2. The molecule has 2 N–H and O–H groups in total. The van der Waals surface area contributed by atoms with E-state index in [2.05, 4.69) is 10.1 Å². The van der Waals surface area contributed by atoms with E-state index in [1.165, 1.54) is 5.75 Å². The second-order valence-corrected chi connectivity index (χ2v) is 3.70. The Hall–Kier alpha value is -0.710. The van der Waals surface area contributed by atoms with Crippen LogP contribution in [0.3, 0.4) is 0 Å². The molecular weight excluding hydrogens is 162 g/mol. The summed E-state index contributed by atoms with van der Waals surface area (Å²) in [5.74, 6) is 3.66. The van der Waals surface area contributed by atoms with E-state index in [1.54, 1.807) is 0 Å². The van der Waals surface area contributed by atoms with E-state index in [1.807, 2.05) is 11.8 Å². The van der Waals surface area contributed by atoms with Gasteiger partial charge in [0.2, 0.25) is 5.89 Å². The second kappa shape index (κ2) is 2.73. The second-order valence-electron chi connectivity index (χ2n) is 2.55. The molecule has 1 unspecified atom stereocenters. The zero-order chi connectivity index (χ0) is 7.68. The Bertz CT molecular complexity index is 244. The summed E-state index contributed by atoms with van der Waals surface area (Å²) in [7, 11) is 0. The summed E-state index contributed by atoms with van der Waals surface area (Å²) in [4.78, 5) is 3.98. The van der Waals surface area contributed by atoms with Gasteiger partial charge in [0.25, 0.3) is 5.95 Å². The van der Waals surface area contributed by atoms with E-state index in [-0.39, 0.29) is 5.95 Å². The summed E-state index contributed by atoms with van der Waals surface area (Å²) >= 11 is 1.92. The van der Waals surface area contributed by atoms with Gasteiger partial charge in [0.1, 0.15) is 0 Å². The summed E-state index contributed by atoms with van der Waals surface area (Å²) in [5, 5.41) is 3.54. The summed E-state index contributed by atoms with van der Waals surface area (Å²) in [6, 6.07) is 0. The van der Waals surface area contributed by atoms with Gasteiger partial charge in [-0.15, -0.1) is 0 Å². The molecule has 0 amide bonds. The number of nitrogens with two attached hydrogens (primary N) is 1. The number of hydrogen-bond acceptors (Lipinski definition) is 5. The average Bonchev–Trinajstić information content (AvgIpc) is 2.55. The highest BCUT2D eigenvalue weighted by molar-refractivity contribution is 7.99. The van der Waals surface area contributed by atoms with Gasteiger partial charge in [-0.05, 0) is 17.3 Å². The van der Waals surface area contributed by atoms with Crippen molar-refractivity contribution in [3.05, 3.63) is 5.89 Å². The van der Waals surface area contributed by atoms with Crippen molar-refractivity contribution in [2.24, 2.45) is 0 Å². The number of anilines is 1. The standard InChI is InChI=1S/C6H9N3OS/c7-6-8-5(10-9-6)4-1-2-11-3-4/h4H,1-3H2,(H2,7,9). The summed E-state index contributed by atoms with van der Waals surface area (Å²) in [5.41, 5.74) is 5.32. The van der Waals surface area contributed by atoms with Crippen LogP contribution in [0.2, 0.25) is 0 Å². The van der Waals surface area contributed by atoms with Crippen LogP contribution in [0.25, 0.3) is 0 Å². The highest BCUT2D eigenvalue weighted by Gasteiger charge is 2.22. The van der Waals surface area contributed by atoms with Crippen LogP contribution in [0.4, 0.5) is 5.95 Å². The topological polar surface area (TPSA) is 64.9 Å². The molecule has 0 radical (unpaired) electrons.